The van der Waals surface area contributed by atoms with Gasteiger partial charge in [-0.3, -0.25) is 4.79 Å². The minimum absolute atomic E-state index is 0.132. The maximum atomic E-state index is 14.4. The predicted molar refractivity (Wildman–Crippen MR) is 122 cm³/mol. The highest BCUT2D eigenvalue weighted by Crippen LogP contribution is 2.49. The molecule has 33 heavy (non-hydrogen) atoms. The number of nitrogens with zero attached hydrogens (tertiary/aromatic N) is 5. The quantitative estimate of drug-likeness (QED) is 0.613. The summed E-state index contributed by atoms with van der Waals surface area (Å²) in [5.41, 5.74) is 1.65. The van der Waals surface area contributed by atoms with Gasteiger partial charge in [-0.2, -0.15) is 4.98 Å². The summed E-state index contributed by atoms with van der Waals surface area (Å²) in [7, 11) is 0. The van der Waals surface area contributed by atoms with E-state index in [1.54, 1.807) is 23.7 Å². The lowest BCUT2D eigenvalue weighted by atomic mass is 9.71. The zero-order valence-corrected chi connectivity index (χ0v) is 19.3. The molecule has 2 aliphatic heterocycles. The van der Waals surface area contributed by atoms with Crippen molar-refractivity contribution in [3.63, 3.8) is 0 Å². The minimum atomic E-state index is -0.520. The fraction of sp³-hybridized carbons (Fsp3) is 0.478. The van der Waals surface area contributed by atoms with Gasteiger partial charge in [-0.25, -0.2) is 14.4 Å². The van der Waals surface area contributed by atoms with E-state index in [9.17, 15) is 9.18 Å². The van der Waals surface area contributed by atoms with E-state index in [1.165, 1.54) is 12.3 Å². The molecule has 2 fully saturated rings. The summed E-state index contributed by atoms with van der Waals surface area (Å²) in [4.78, 5) is 28.4. The lowest BCUT2D eigenvalue weighted by Crippen LogP contribution is -2.34. The van der Waals surface area contributed by atoms with E-state index in [0.29, 0.717) is 23.9 Å². The number of halogens is 1. The van der Waals surface area contributed by atoms with Crippen LogP contribution in [0.5, 0.6) is 5.88 Å². The molecule has 1 amide bonds. The van der Waals surface area contributed by atoms with Crippen LogP contribution in [0.15, 0.2) is 24.7 Å². The summed E-state index contributed by atoms with van der Waals surface area (Å²) in [6.45, 7) is 12.1. The van der Waals surface area contributed by atoms with Crippen LogP contribution >= 0.6 is 0 Å². The lowest BCUT2D eigenvalue weighted by Gasteiger charge is -2.30. The van der Waals surface area contributed by atoms with E-state index in [2.05, 4.69) is 44.3 Å². The third kappa shape index (κ3) is 3.58. The Morgan fingerprint density at radius 2 is 1.97 bits per heavy atom. The first-order valence-corrected chi connectivity index (χ1v) is 11.1. The van der Waals surface area contributed by atoms with E-state index in [-0.39, 0.29) is 27.9 Å². The molecular formula is C23H28FN7O2. The van der Waals surface area contributed by atoms with E-state index in [1.807, 2.05) is 6.92 Å². The van der Waals surface area contributed by atoms with Crippen molar-refractivity contribution in [1.29, 1.82) is 0 Å². The number of rotatable bonds is 5. The summed E-state index contributed by atoms with van der Waals surface area (Å²) >= 11 is 0. The summed E-state index contributed by atoms with van der Waals surface area (Å²) in [6.07, 6.45) is 4.79. The van der Waals surface area contributed by atoms with Gasteiger partial charge in [0.05, 0.1) is 18.0 Å². The average Bonchev–Trinajstić information content (AvgIpc) is 3.34. The van der Waals surface area contributed by atoms with Gasteiger partial charge >= 0.3 is 0 Å². The molecule has 10 heteroatoms. The van der Waals surface area contributed by atoms with Crippen LogP contribution in [0, 0.1) is 23.6 Å². The standard InChI is InChI=1S/C23H28FN7O2/c1-5-33-20-16(19(32)28-15-6-17(24)18-27-14(2)8-30(18)9-15)7-26-21(29-20)31-12-22(3)10-25-11-23(22,4)13-31/h6-9,25H,5,10-13H2,1-4H3,(H,28,32)/t22-,23+. The molecule has 174 valence electrons. The molecular weight excluding hydrogens is 425 g/mol. The molecule has 2 saturated heterocycles. The van der Waals surface area contributed by atoms with Crippen LogP contribution in [0.4, 0.5) is 16.0 Å². The van der Waals surface area contributed by atoms with Gasteiger partial charge in [-0.05, 0) is 13.8 Å². The van der Waals surface area contributed by atoms with Gasteiger partial charge < -0.3 is 24.7 Å². The summed E-state index contributed by atoms with van der Waals surface area (Å²) in [6, 6.07) is 1.24. The van der Waals surface area contributed by atoms with Crippen molar-refractivity contribution in [3.05, 3.63) is 41.7 Å². The van der Waals surface area contributed by atoms with Crippen LogP contribution in [0.1, 0.15) is 36.8 Å². The molecule has 3 aromatic heterocycles. The first-order chi connectivity index (χ1) is 15.7. The molecule has 2 atom stereocenters. The number of carbonyl (C=O) groups is 1. The summed E-state index contributed by atoms with van der Waals surface area (Å²) in [5, 5.41) is 6.22. The fourth-order valence-electron chi connectivity index (χ4n) is 4.93. The first-order valence-electron chi connectivity index (χ1n) is 11.1. The molecule has 0 aromatic carbocycles. The molecule has 0 aliphatic carbocycles. The van der Waals surface area contributed by atoms with Crippen molar-refractivity contribution in [2.75, 3.05) is 43.0 Å². The third-order valence-electron chi connectivity index (χ3n) is 7.00. The Labute approximate surface area is 191 Å². The van der Waals surface area contributed by atoms with Gasteiger partial charge in [-0.15, -0.1) is 0 Å². The number of imidazole rings is 1. The number of nitrogens with one attached hydrogen (secondary N) is 2. The highest BCUT2D eigenvalue weighted by molar-refractivity contribution is 6.05. The highest BCUT2D eigenvalue weighted by atomic mass is 19.1. The molecule has 2 N–H and O–H groups in total. The van der Waals surface area contributed by atoms with Crippen molar-refractivity contribution < 1.29 is 13.9 Å². The number of hydrogen-bond donors (Lipinski definition) is 2. The molecule has 0 unspecified atom stereocenters. The molecule has 0 saturated carbocycles. The second kappa shape index (κ2) is 7.65. The zero-order valence-electron chi connectivity index (χ0n) is 19.3. The molecule has 0 spiro atoms. The number of carbonyl (C=O) groups excluding carboxylic acids is 1. The largest absolute Gasteiger partial charge is 0.477 e. The van der Waals surface area contributed by atoms with Gasteiger partial charge in [0.25, 0.3) is 5.91 Å². The Morgan fingerprint density at radius 1 is 1.24 bits per heavy atom. The zero-order chi connectivity index (χ0) is 23.4. The Balaban J connectivity index is 1.41. The van der Waals surface area contributed by atoms with Gasteiger partial charge in [0.1, 0.15) is 5.56 Å². The topological polar surface area (TPSA) is 96.7 Å². The number of ether oxygens (including phenoxy) is 1. The maximum Gasteiger partial charge on any atom is 0.262 e. The number of amides is 1. The summed E-state index contributed by atoms with van der Waals surface area (Å²) < 4.78 is 21.6. The van der Waals surface area contributed by atoms with Gasteiger partial charge in [0, 0.05) is 61.7 Å². The van der Waals surface area contributed by atoms with Crippen LogP contribution in [0.3, 0.4) is 0 Å². The van der Waals surface area contributed by atoms with Crippen LogP contribution in [0.2, 0.25) is 0 Å². The van der Waals surface area contributed by atoms with Crippen LogP contribution in [-0.2, 0) is 0 Å². The van der Waals surface area contributed by atoms with Crippen LogP contribution in [0.25, 0.3) is 5.65 Å². The van der Waals surface area contributed by atoms with Crippen molar-refractivity contribution in [2.45, 2.75) is 27.7 Å². The van der Waals surface area contributed by atoms with Crippen molar-refractivity contribution in [1.82, 2.24) is 24.7 Å². The fourth-order valence-corrected chi connectivity index (χ4v) is 4.93. The van der Waals surface area contributed by atoms with E-state index >= 15 is 0 Å². The Hall–Kier alpha value is -3.27. The first kappa shape index (κ1) is 21.6. The Kier molecular flexibility index (Phi) is 5.00. The molecule has 3 aromatic rings. The second-order valence-electron chi connectivity index (χ2n) is 9.55. The number of anilines is 2. The number of pyridine rings is 1. The summed E-state index contributed by atoms with van der Waals surface area (Å²) in [5.74, 6) is -0.227. The normalized spacial score (nSPS) is 24.3. The maximum absolute atomic E-state index is 14.4. The molecule has 2 aliphatic rings. The average molecular weight is 454 g/mol. The van der Waals surface area contributed by atoms with Gasteiger partial charge in [-0.1, -0.05) is 13.8 Å². The van der Waals surface area contributed by atoms with Crippen LogP contribution < -0.4 is 20.3 Å². The molecule has 9 nitrogen and oxygen atoms in total. The Morgan fingerprint density at radius 3 is 2.67 bits per heavy atom. The monoisotopic (exact) mass is 453 g/mol. The molecule has 5 rings (SSSR count). The number of hydrogen-bond acceptors (Lipinski definition) is 7. The Bertz CT molecular complexity index is 1230. The number of fused-ring (bicyclic) bond motifs is 2. The predicted octanol–water partition coefficient (Wildman–Crippen LogP) is 2.66. The second-order valence-corrected chi connectivity index (χ2v) is 9.55. The van der Waals surface area contributed by atoms with Gasteiger partial charge in [0.15, 0.2) is 11.5 Å². The SMILES string of the molecule is CCOc1nc(N2C[C@]3(C)CNC[C@]3(C)C2)ncc1C(=O)Nc1cc(F)c2nc(C)cn2c1. The van der Waals surface area contributed by atoms with E-state index in [4.69, 9.17) is 4.74 Å². The van der Waals surface area contributed by atoms with E-state index in [0.717, 1.165) is 26.2 Å². The molecule has 0 radical (unpaired) electrons. The van der Waals surface area contributed by atoms with Crippen molar-refractivity contribution in [3.8, 4) is 5.88 Å². The van der Waals surface area contributed by atoms with Gasteiger partial charge in [0.2, 0.25) is 11.8 Å². The highest BCUT2D eigenvalue weighted by Gasteiger charge is 2.55. The molecule has 5 heterocycles. The van der Waals surface area contributed by atoms with Crippen LogP contribution in [-0.4, -0.2) is 58.0 Å². The van der Waals surface area contributed by atoms with Crippen molar-refractivity contribution in [2.24, 2.45) is 10.8 Å². The smallest absolute Gasteiger partial charge is 0.262 e. The number of aryl methyl sites for hydroxylation is 1. The number of aromatic nitrogens is 4. The lowest BCUT2D eigenvalue weighted by molar-refractivity contribution is 0.102. The minimum Gasteiger partial charge on any atom is -0.477 e. The third-order valence-corrected chi connectivity index (χ3v) is 7.00. The van der Waals surface area contributed by atoms with Crippen molar-refractivity contribution >= 4 is 23.2 Å². The molecule has 0 bridgehead atoms. The van der Waals surface area contributed by atoms with E-state index < -0.39 is 11.7 Å².